The number of rotatable bonds is 5. The lowest BCUT2D eigenvalue weighted by Gasteiger charge is -2.12. The first-order valence-corrected chi connectivity index (χ1v) is 9.91. The summed E-state index contributed by atoms with van der Waals surface area (Å²) in [5.41, 5.74) is 4.73. The SMILES string of the molecule is C=C(C)C(=O)Nc1[nH]n(-c2ccccc2)c(=O)c1C(=C1C(=O)NN=C1C)c1ccccc1. The molecule has 2 amide bonds. The van der Waals surface area contributed by atoms with E-state index in [4.69, 9.17) is 0 Å². The number of hydrogen-bond acceptors (Lipinski definition) is 4. The lowest BCUT2D eigenvalue weighted by Crippen LogP contribution is -2.21. The number of para-hydroxylation sites is 1. The second-order valence-electron chi connectivity index (χ2n) is 7.33. The van der Waals surface area contributed by atoms with Crippen LogP contribution in [0.3, 0.4) is 0 Å². The molecule has 0 fully saturated rings. The molecule has 0 atom stereocenters. The fraction of sp³-hybridized carbons (Fsp3) is 0.0833. The van der Waals surface area contributed by atoms with Gasteiger partial charge in [0.25, 0.3) is 17.4 Å². The van der Waals surface area contributed by atoms with Crippen LogP contribution < -0.4 is 16.3 Å². The van der Waals surface area contributed by atoms with Crippen molar-refractivity contribution in [2.24, 2.45) is 5.10 Å². The maximum atomic E-state index is 13.7. The van der Waals surface area contributed by atoms with E-state index in [-0.39, 0.29) is 22.5 Å². The van der Waals surface area contributed by atoms with E-state index in [1.807, 2.05) is 24.3 Å². The summed E-state index contributed by atoms with van der Waals surface area (Å²) in [6, 6.07) is 18.0. The van der Waals surface area contributed by atoms with E-state index in [2.05, 4.69) is 27.5 Å². The molecule has 0 radical (unpaired) electrons. The van der Waals surface area contributed by atoms with Crippen LogP contribution in [0.15, 0.2) is 88.3 Å². The van der Waals surface area contributed by atoms with Crippen LogP contribution >= 0.6 is 0 Å². The minimum atomic E-state index is -0.452. The van der Waals surface area contributed by atoms with Gasteiger partial charge in [0.1, 0.15) is 5.82 Å². The van der Waals surface area contributed by atoms with Crippen molar-refractivity contribution in [1.82, 2.24) is 15.2 Å². The summed E-state index contributed by atoms with van der Waals surface area (Å²) in [6.07, 6.45) is 0. The van der Waals surface area contributed by atoms with Gasteiger partial charge in [-0.1, -0.05) is 55.1 Å². The molecule has 160 valence electrons. The summed E-state index contributed by atoms with van der Waals surface area (Å²) in [7, 11) is 0. The molecule has 1 aliphatic heterocycles. The highest BCUT2D eigenvalue weighted by Crippen LogP contribution is 2.32. The van der Waals surface area contributed by atoms with E-state index in [0.29, 0.717) is 22.5 Å². The van der Waals surface area contributed by atoms with Crippen LogP contribution in [0.1, 0.15) is 25.0 Å². The Bertz CT molecular complexity index is 1350. The Balaban J connectivity index is 2.06. The third kappa shape index (κ3) is 3.69. The average molecular weight is 427 g/mol. The third-order valence-corrected chi connectivity index (χ3v) is 5.01. The highest BCUT2D eigenvalue weighted by Gasteiger charge is 2.30. The third-order valence-electron chi connectivity index (χ3n) is 5.01. The van der Waals surface area contributed by atoms with Gasteiger partial charge >= 0.3 is 0 Å². The number of aromatic amines is 1. The Labute approximate surface area is 184 Å². The van der Waals surface area contributed by atoms with Crippen molar-refractivity contribution < 1.29 is 9.59 Å². The Hall–Kier alpha value is -4.46. The van der Waals surface area contributed by atoms with Crippen molar-refractivity contribution in [3.05, 3.63) is 99.9 Å². The van der Waals surface area contributed by atoms with Crippen LogP contribution in [0.25, 0.3) is 11.3 Å². The number of hydrogen-bond donors (Lipinski definition) is 3. The number of aromatic nitrogens is 2. The van der Waals surface area contributed by atoms with E-state index in [1.54, 1.807) is 50.2 Å². The summed E-state index contributed by atoms with van der Waals surface area (Å²) < 4.78 is 1.33. The number of hydrazone groups is 1. The molecule has 0 saturated heterocycles. The number of H-pyrrole nitrogens is 1. The van der Waals surface area contributed by atoms with Gasteiger partial charge in [0, 0.05) is 11.1 Å². The molecule has 4 rings (SSSR count). The number of nitrogens with zero attached hydrogens (tertiary/aromatic N) is 2. The molecule has 3 aromatic rings. The summed E-state index contributed by atoms with van der Waals surface area (Å²) >= 11 is 0. The zero-order chi connectivity index (χ0) is 22.8. The smallest absolute Gasteiger partial charge is 0.281 e. The van der Waals surface area contributed by atoms with Crippen LogP contribution in [0, 0.1) is 0 Å². The van der Waals surface area contributed by atoms with Gasteiger partial charge in [0.2, 0.25) is 0 Å². The second kappa shape index (κ2) is 8.35. The molecular weight excluding hydrogens is 406 g/mol. The number of anilines is 1. The quantitative estimate of drug-likeness (QED) is 0.545. The minimum Gasteiger partial charge on any atom is -0.307 e. The van der Waals surface area contributed by atoms with Crippen LogP contribution in [-0.4, -0.2) is 27.3 Å². The average Bonchev–Trinajstić information content (AvgIpc) is 3.29. The number of benzene rings is 2. The molecule has 8 nitrogen and oxygen atoms in total. The normalized spacial score (nSPS) is 14.6. The molecular formula is C24H21N5O3. The summed E-state index contributed by atoms with van der Waals surface area (Å²) in [6.45, 7) is 6.92. The molecule has 0 spiro atoms. The second-order valence-corrected chi connectivity index (χ2v) is 7.33. The molecule has 2 heterocycles. The first kappa shape index (κ1) is 20.8. The predicted octanol–water partition coefficient (Wildman–Crippen LogP) is 2.99. The van der Waals surface area contributed by atoms with E-state index in [9.17, 15) is 14.4 Å². The molecule has 1 aromatic heterocycles. The highest BCUT2D eigenvalue weighted by molar-refractivity contribution is 6.30. The Morgan fingerprint density at radius 3 is 2.22 bits per heavy atom. The van der Waals surface area contributed by atoms with Gasteiger partial charge in [-0.15, -0.1) is 0 Å². The van der Waals surface area contributed by atoms with Gasteiger partial charge in [-0.3, -0.25) is 19.5 Å². The van der Waals surface area contributed by atoms with Crippen molar-refractivity contribution >= 4 is 28.9 Å². The summed E-state index contributed by atoms with van der Waals surface area (Å²) in [5, 5.41) is 9.73. The Kier molecular flexibility index (Phi) is 5.43. The Morgan fingerprint density at radius 2 is 1.66 bits per heavy atom. The first-order valence-electron chi connectivity index (χ1n) is 9.91. The van der Waals surface area contributed by atoms with E-state index in [1.165, 1.54) is 4.68 Å². The zero-order valence-electron chi connectivity index (χ0n) is 17.6. The lowest BCUT2D eigenvalue weighted by molar-refractivity contribution is -0.116. The predicted molar refractivity (Wildman–Crippen MR) is 124 cm³/mol. The summed E-state index contributed by atoms with van der Waals surface area (Å²) in [5.74, 6) is -0.720. The largest absolute Gasteiger partial charge is 0.307 e. The monoisotopic (exact) mass is 427 g/mol. The van der Waals surface area contributed by atoms with E-state index >= 15 is 0 Å². The molecule has 2 aromatic carbocycles. The van der Waals surface area contributed by atoms with Crippen molar-refractivity contribution in [3.63, 3.8) is 0 Å². The number of carbonyl (C=O) groups excluding carboxylic acids is 2. The molecule has 0 saturated carbocycles. The van der Waals surface area contributed by atoms with Crippen molar-refractivity contribution in [1.29, 1.82) is 0 Å². The summed E-state index contributed by atoms with van der Waals surface area (Å²) in [4.78, 5) is 38.8. The molecule has 8 heteroatoms. The standard InChI is InChI=1S/C24H21N5O3/c1-14(2)22(30)25-21-20(24(32)29(28-21)17-12-8-5-9-13-17)19(16-10-6-4-7-11-16)18-15(3)26-27-23(18)31/h4-13,28H,1H2,2-3H3,(H,25,30)(H,27,31). The number of nitrogens with one attached hydrogen (secondary N) is 3. The van der Waals surface area contributed by atoms with Crippen molar-refractivity contribution in [2.45, 2.75) is 13.8 Å². The van der Waals surface area contributed by atoms with Gasteiger partial charge in [-0.2, -0.15) is 5.10 Å². The molecule has 0 bridgehead atoms. The van der Waals surface area contributed by atoms with Gasteiger partial charge in [0.05, 0.1) is 22.5 Å². The van der Waals surface area contributed by atoms with Crippen molar-refractivity contribution in [2.75, 3.05) is 5.32 Å². The highest BCUT2D eigenvalue weighted by atomic mass is 16.2. The van der Waals surface area contributed by atoms with Gasteiger partial charge in [0.15, 0.2) is 0 Å². The van der Waals surface area contributed by atoms with Crippen LogP contribution in [-0.2, 0) is 9.59 Å². The van der Waals surface area contributed by atoms with E-state index in [0.717, 1.165) is 0 Å². The lowest BCUT2D eigenvalue weighted by atomic mass is 9.92. The number of amides is 2. The minimum absolute atomic E-state index is 0.149. The zero-order valence-corrected chi connectivity index (χ0v) is 17.6. The van der Waals surface area contributed by atoms with Crippen LogP contribution in [0.5, 0.6) is 0 Å². The van der Waals surface area contributed by atoms with Crippen LogP contribution in [0.4, 0.5) is 5.82 Å². The molecule has 32 heavy (non-hydrogen) atoms. The van der Waals surface area contributed by atoms with Gasteiger partial charge in [-0.05, 0) is 31.5 Å². The Morgan fingerprint density at radius 1 is 1.03 bits per heavy atom. The molecule has 1 aliphatic rings. The molecule has 3 N–H and O–H groups in total. The number of carbonyl (C=O) groups is 2. The van der Waals surface area contributed by atoms with Gasteiger partial charge < -0.3 is 5.32 Å². The fourth-order valence-electron chi connectivity index (χ4n) is 3.46. The fourth-order valence-corrected chi connectivity index (χ4v) is 3.46. The topological polar surface area (TPSA) is 108 Å². The maximum absolute atomic E-state index is 13.7. The van der Waals surface area contributed by atoms with Crippen LogP contribution in [0.2, 0.25) is 0 Å². The maximum Gasteiger partial charge on any atom is 0.281 e. The van der Waals surface area contributed by atoms with Gasteiger partial charge in [-0.25, -0.2) is 10.1 Å². The first-order chi connectivity index (χ1) is 15.4. The van der Waals surface area contributed by atoms with Crippen molar-refractivity contribution in [3.8, 4) is 5.69 Å². The van der Waals surface area contributed by atoms with E-state index < -0.39 is 17.4 Å². The molecule has 0 aliphatic carbocycles. The molecule has 0 unspecified atom stereocenters.